The molecule has 1 spiro atoms. The van der Waals surface area contributed by atoms with E-state index in [1.54, 1.807) is 18.2 Å². The molecule has 4 aliphatic carbocycles. The lowest BCUT2D eigenvalue weighted by atomic mass is 9.46. The van der Waals surface area contributed by atoms with Gasteiger partial charge in [0.1, 0.15) is 17.1 Å². The molecule has 6 aliphatic rings. The van der Waals surface area contributed by atoms with Crippen molar-refractivity contribution in [2.45, 2.75) is 89.8 Å². The summed E-state index contributed by atoms with van der Waals surface area (Å²) in [6.45, 7) is 8.87. The first-order chi connectivity index (χ1) is 21.8. The fourth-order valence-corrected chi connectivity index (χ4v) is 10.3. The average molecular weight is 642 g/mol. The molecule has 1 aromatic carbocycles. The minimum atomic E-state index is -4.96. The van der Waals surface area contributed by atoms with Crippen molar-refractivity contribution in [1.82, 2.24) is 5.32 Å². The zero-order chi connectivity index (χ0) is 32.6. The molecule has 2 N–H and O–H groups in total. The van der Waals surface area contributed by atoms with Gasteiger partial charge in [-0.3, -0.25) is 9.59 Å². The minimum absolute atomic E-state index is 0.191. The van der Waals surface area contributed by atoms with E-state index in [1.807, 2.05) is 0 Å². The number of hydrogen-bond acceptors (Lipinski definition) is 5. The summed E-state index contributed by atoms with van der Waals surface area (Å²) >= 11 is 0. The number of quaternary nitrogens is 1. The zero-order valence-corrected chi connectivity index (χ0v) is 26.7. The predicted octanol–water partition coefficient (Wildman–Crippen LogP) is 6.58. The Morgan fingerprint density at radius 3 is 2.57 bits per heavy atom. The van der Waals surface area contributed by atoms with Crippen LogP contribution in [0, 0.1) is 29.1 Å². The largest absolute Gasteiger partial charge is 0.507 e. The van der Waals surface area contributed by atoms with Crippen molar-refractivity contribution >= 4 is 18.0 Å². The summed E-state index contributed by atoms with van der Waals surface area (Å²) in [5.41, 5.74) is -2.82. The van der Waals surface area contributed by atoms with Gasteiger partial charge in [-0.1, -0.05) is 50.6 Å². The Bertz CT molecular complexity index is 1510. The van der Waals surface area contributed by atoms with E-state index in [0.29, 0.717) is 24.7 Å². The summed E-state index contributed by atoms with van der Waals surface area (Å²) in [4.78, 5) is 26.2. The number of halogens is 3. The van der Waals surface area contributed by atoms with Gasteiger partial charge in [-0.25, -0.2) is 0 Å². The fourth-order valence-electron chi connectivity index (χ4n) is 10.3. The number of alkyl halides is 3. The number of ether oxygens (including phenoxy) is 2. The highest BCUT2D eigenvalue weighted by Crippen LogP contribution is 2.71. The van der Waals surface area contributed by atoms with Crippen molar-refractivity contribution in [3.63, 3.8) is 0 Å². The SMILES string of the molecule is CC(=O)OC1=C2C[C@@H]3[C@@H]4CCCC5OC(NC(=O)C(=Cc6ccccc6)C(F)(F)F)(C(O)=C1)C2[C@@]54CC[N+]3(CC(C)C)CC1CC1. The highest BCUT2D eigenvalue weighted by atomic mass is 19.4. The molecule has 0 aromatic heterocycles. The molecule has 2 bridgehead atoms. The topological polar surface area (TPSA) is 84.9 Å². The maximum absolute atomic E-state index is 14.5. The van der Waals surface area contributed by atoms with Crippen LogP contribution in [0.25, 0.3) is 6.08 Å². The standard InChI is InChI=1S/C36H43F3N2O5/c1-21(2)19-41(20-24-12-13-24)15-14-34-26-10-7-11-31(34)46-35(30(43)18-29(45-22(3)42)25(32(34)35)17-28(26)41)40-33(44)27(36(37,38)39)16-23-8-5-4-6-9-23/h4-6,8-9,16,18,21,24,26,28,31-32H,7,10-15,17,19-20H2,1-3H3,(H-,40,43,44)/p+1/t26-,28+,31?,32?,34+,35?,41?/m0/s1. The Kier molecular flexibility index (Phi) is 7.51. The number of esters is 1. The van der Waals surface area contributed by atoms with Gasteiger partial charge in [0.25, 0.3) is 5.91 Å². The number of likely N-dealkylation sites (tertiary alicyclic amines) is 1. The van der Waals surface area contributed by atoms with Crippen molar-refractivity contribution in [2.75, 3.05) is 19.6 Å². The van der Waals surface area contributed by atoms with Gasteiger partial charge in [0, 0.05) is 54.9 Å². The van der Waals surface area contributed by atoms with Crippen molar-refractivity contribution in [3.05, 3.63) is 64.6 Å². The number of carbonyl (C=O) groups is 2. The van der Waals surface area contributed by atoms with E-state index in [9.17, 15) is 27.9 Å². The van der Waals surface area contributed by atoms with E-state index < -0.39 is 46.4 Å². The van der Waals surface area contributed by atoms with Crippen LogP contribution >= 0.6 is 0 Å². The molecule has 248 valence electrons. The summed E-state index contributed by atoms with van der Waals surface area (Å²) in [5, 5.41) is 14.4. The van der Waals surface area contributed by atoms with Gasteiger partial charge in [-0.15, -0.1) is 0 Å². The number of hydrogen-bond donors (Lipinski definition) is 2. The molecular weight excluding hydrogens is 597 g/mol. The summed E-state index contributed by atoms with van der Waals surface area (Å²) in [6.07, 6.45) is 3.12. The minimum Gasteiger partial charge on any atom is -0.507 e. The lowest BCUT2D eigenvalue weighted by Crippen LogP contribution is -2.74. The number of amides is 1. The number of piperidine rings is 1. The first-order valence-corrected chi connectivity index (χ1v) is 16.8. The molecule has 4 unspecified atom stereocenters. The fraction of sp³-hybridized carbons (Fsp3) is 0.611. The highest BCUT2D eigenvalue weighted by molar-refractivity contribution is 5.99. The number of rotatable bonds is 8. The Labute approximate surface area is 268 Å². The van der Waals surface area contributed by atoms with Crippen LogP contribution in [0.1, 0.15) is 71.3 Å². The molecule has 0 radical (unpaired) electrons. The second kappa shape index (κ2) is 11.0. The summed E-state index contributed by atoms with van der Waals surface area (Å²) in [5.74, 6) is -1.41. The molecule has 1 aromatic rings. The number of nitrogens with zero attached hydrogens (tertiary/aromatic N) is 1. The molecular formula is C36H44F3N2O5+. The summed E-state index contributed by atoms with van der Waals surface area (Å²) < 4.78 is 57.0. The Morgan fingerprint density at radius 2 is 1.91 bits per heavy atom. The van der Waals surface area contributed by atoms with Gasteiger partial charge in [0.15, 0.2) is 0 Å². The van der Waals surface area contributed by atoms with Crippen LogP contribution in [-0.2, 0) is 19.1 Å². The van der Waals surface area contributed by atoms with Gasteiger partial charge in [-0.05, 0) is 42.9 Å². The van der Waals surface area contributed by atoms with E-state index in [4.69, 9.17) is 9.47 Å². The Morgan fingerprint density at radius 1 is 1.17 bits per heavy atom. The van der Waals surface area contributed by atoms with Crippen molar-refractivity contribution in [3.8, 4) is 0 Å². The first kappa shape index (κ1) is 31.5. The van der Waals surface area contributed by atoms with Crippen LogP contribution in [0.3, 0.4) is 0 Å². The molecule has 2 aliphatic heterocycles. The number of nitrogens with one attached hydrogen (secondary N) is 1. The third kappa shape index (κ3) is 4.93. The van der Waals surface area contributed by atoms with Gasteiger partial charge >= 0.3 is 12.1 Å². The molecule has 5 fully saturated rings. The van der Waals surface area contributed by atoms with E-state index in [1.165, 1.54) is 38.0 Å². The molecule has 2 heterocycles. The molecule has 7 rings (SSSR count). The van der Waals surface area contributed by atoms with E-state index in [2.05, 4.69) is 19.2 Å². The van der Waals surface area contributed by atoms with Crippen LogP contribution in [0.4, 0.5) is 13.2 Å². The average Bonchev–Trinajstić information content (AvgIpc) is 3.74. The van der Waals surface area contributed by atoms with E-state index in [-0.39, 0.29) is 29.4 Å². The molecule has 1 amide bonds. The third-order valence-corrected chi connectivity index (χ3v) is 11.7. The summed E-state index contributed by atoms with van der Waals surface area (Å²) in [7, 11) is 0. The monoisotopic (exact) mass is 641 g/mol. The number of allylic oxidation sites excluding steroid dienone is 1. The van der Waals surface area contributed by atoms with Crippen LogP contribution < -0.4 is 5.32 Å². The van der Waals surface area contributed by atoms with Crippen molar-refractivity contribution in [2.24, 2.45) is 29.1 Å². The Hall–Kier alpha value is -3.11. The maximum atomic E-state index is 14.5. The number of benzene rings is 1. The lowest BCUT2D eigenvalue weighted by Gasteiger charge is -2.65. The molecule has 46 heavy (non-hydrogen) atoms. The number of aliphatic hydroxyl groups excluding tert-OH is 1. The second-order valence-corrected chi connectivity index (χ2v) is 15.0. The zero-order valence-electron chi connectivity index (χ0n) is 26.7. The normalized spacial score (nSPS) is 36.7. The second-order valence-electron chi connectivity index (χ2n) is 15.0. The van der Waals surface area contributed by atoms with Crippen LogP contribution in [0.15, 0.2) is 59.1 Å². The van der Waals surface area contributed by atoms with E-state index >= 15 is 0 Å². The van der Waals surface area contributed by atoms with Gasteiger partial charge in [-0.2, -0.15) is 13.2 Å². The molecule has 2 saturated heterocycles. The van der Waals surface area contributed by atoms with Crippen molar-refractivity contribution in [1.29, 1.82) is 0 Å². The number of carbonyl (C=O) groups excluding carboxylic acids is 2. The first-order valence-electron chi connectivity index (χ1n) is 16.8. The van der Waals surface area contributed by atoms with Crippen LogP contribution in [0.2, 0.25) is 0 Å². The maximum Gasteiger partial charge on any atom is 0.421 e. The van der Waals surface area contributed by atoms with Crippen molar-refractivity contribution < 1.29 is 41.8 Å². The quantitative estimate of drug-likeness (QED) is 0.190. The van der Waals surface area contributed by atoms with Crippen LogP contribution in [-0.4, -0.2) is 65.1 Å². The van der Waals surface area contributed by atoms with Gasteiger partial charge < -0.3 is 24.4 Å². The van der Waals surface area contributed by atoms with Crippen LogP contribution in [0.5, 0.6) is 0 Å². The molecule has 3 saturated carbocycles. The molecule has 7 nitrogen and oxygen atoms in total. The van der Waals surface area contributed by atoms with E-state index in [0.717, 1.165) is 55.0 Å². The molecule has 10 heteroatoms. The summed E-state index contributed by atoms with van der Waals surface area (Å²) in [6, 6.07) is 8.12. The third-order valence-electron chi connectivity index (χ3n) is 11.7. The Balaban J connectivity index is 1.36. The van der Waals surface area contributed by atoms with Gasteiger partial charge in [0.2, 0.25) is 5.72 Å². The molecule has 7 atom stereocenters. The smallest absolute Gasteiger partial charge is 0.421 e. The predicted molar refractivity (Wildman–Crippen MR) is 164 cm³/mol. The van der Waals surface area contributed by atoms with Gasteiger partial charge in [0.05, 0.1) is 31.8 Å². The number of aliphatic hydroxyl groups is 1. The lowest BCUT2D eigenvalue weighted by molar-refractivity contribution is -0.968. The highest BCUT2D eigenvalue weighted by Gasteiger charge is 2.77.